The number of para-hydroxylation sites is 1. The number of benzene rings is 1. The molecule has 2 N–H and O–H groups in total. The highest BCUT2D eigenvalue weighted by Crippen LogP contribution is 2.34. The number of nitrogens with one attached hydrogen (secondary N) is 2. The third-order valence-corrected chi connectivity index (χ3v) is 3.23. The Labute approximate surface area is 102 Å². The van der Waals surface area contributed by atoms with Crippen molar-refractivity contribution in [3.63, 3.8) is 0 Å². The Morgan fingerprint density at radius 2 is 2.19 bits per heavy atom. The molecule has 1 fully saturated rings. The summed E-state index contributed by atoms with van der Waals surface area (Å²) < 4.78 is 3.29. The quantitative estimate of drug-likeness (QED) is 0.738. The standard InChI is InChI=1S/C13H18N2S/c1-10(11-7-8-11)14-9-12-5-3-4-6-13(12)15-16-2/h3-6,11,14-15H,1,7-9H2,2H3. The van der Waals surface area contributed by atoms with Gasteiger partial charge in [0.05, 0.1) is 0 Å². The maximum absolute atomic E-state index is 4.07. The Bertz CT molecular complexity index is 372. The van der Waals surface area contributed by atoms with Crippen molar-refractivity contribution >= 4 is 17.6 Å². The van der Waals surface area contributed by atoms with E-state index in [0.717, 1.165) is 12.5 Å². The van der Waals surface area contributed by atoms with Crippen molar-refractivity contribution < 1.29 is 0 Å². The smallest absolute Gasteiger partial charge is 0.0490 e. The summed E-state index contributed by atoms with van der Waals surface area (Å²) in [4.78, 5) is 0. The second kappa shape index (κ2) is 5.30. The summed E-state index contributed by atoms with van der Waals surface area (Å²) in [5.74, 6) is 0.723. The topological polar surface area (TPSA) is 24.1 Å². The Balaban J connectivity index is 1.94. The fourth-order valence-corrected chi connectivity index (χ4v) is 2.09. The zero-order chi connectivity index (χ0) is 11.4. The molecule has 0 aliphatic heterocycles. The molecule has 2 rings (SSSR count). The molecule has 16 heavy (non-hydrogen) atoms. The van der Waals surface area contributed by atoms with E-state index in [1.807, 2.05) is 6.26 Å². The average Bonchev–Trinajstić information content (AvgIpc) is 3.12. The minimum atomic E-state index is 0.723. The Morgan fingerprint density at radius 1 is 1.44 bits per heavy atom. The number of hydrogen-bond donors (Lipinski definition) is 2. The minimum Gasteiger partial charge on any atom is -0.384 e. The molecule has 2 nitrogen and oxygen atoms in total. The zero-order valence-electron chi connectivity index (χ0n) is 9.62. The average molecular weight is 234 g/mol. The van der Waals surface area contributed by atoms with Crippen LogP contribution in [0.2, 0.25) is 0 Å². The lowest BCUT2D eigenvalue weighted by Gasteiger charge is -2.12. The van der Waals surface area contributed by atoms with Gasteiger partial charge in [0, 0.05) is 24.2 Å². The van der Waals surface area contributed by atoms with Crippen molar-refractivity contribution in [2.45, 2.75) is 19.4 Å². The van der Waals surface area contributed by atoms with Crippen LogP contribution in [0.1, 0.15) is 18.4 Å². The van der Waals surface area contributed by atoms with Gasteiger partial charge in [0.25, 0.3) is 0 Å². The van der Waals surface area contributed by atoms with Crippen LogP contribution in [0.5, 0.6) is 0 Å². The number of hydrogen-bond acceptors (Lipinski definition) is 3. The first-order valence-electron chi connectivity index (χ1n) is 5.61. The second-order valence-corrected chi connectivity index (χ2v) is 4.73. The van der Waals surface area contributed by atoms with Gasteiger partial charge in [-0.05, 0) is 30.4 Å². The van der Waals surface area contributed by atoms with E-state index in [4.69, 9.17) is 0 Å². The first-order valence-corrected chi connectivity index (χ1v) is 6.83. The van der Waals surface area contributed by atoms with Crippen LogP contribution >= 0.6 is 11.9 Å². The molecule has 0 unspecified atom stereocenters. The summed E-state index contributed by atoms with van der Waals surface area (Å²) in [6.07, 6.45) is 4.64. The minimum absolute atomic E-state index is 0.723. The zero-order valence-corrected chi connectivity index (χ0v) is 10.4. The molecule has 3 heteroatoms. The first-order chi connectivity index (χ1) is 7.81. The summed E-state index contributed by atoms with van der Waals surface area (Å²) in [6.45, 7) is 4.93. The van der Waals surface area contributed by atoms with Crippen LogP contribution in [-0.2, 0) is 6.54 Å². The summed E-state index contributed by atoms with van der Waals surface area (Å²) in [5.41, 5.74) is 3.67. The largest absolute Gasteiger partial charge is 0.384 e. The summed E-state index contributed by atoms with van der Waals surface area (Å²) in [5, 5.41) is 3.42. The summed E-state index contributed by atoms with van der Waals surface area (Å²) in [6, 6.07) is 8.37. The van der Waals surface area contributed by atoms with Gasteiger partial charge in [-0.15, -0.1) is 0 Å². The van der Waals surface area contributed by atoms with Gasteiger partial charge >= 0.3 is 0 Å². The van der Waals surface area contributed by atoms with E-state index in [1.165, 1.54) is 29.8 Å². The van der Waals surface area contributed by atoms with Crippen molar-refractivity contribution in [1.29, 1.82) is 0 Å². The molecule has 1 aliphatic carbocycles. The molecule has 86 valence electrons. The van der Waals surface area contributed by atoms with Crippen molar-refractivity contribution in [1.82, 2.24) is 5.32 Å². The van der Waals surface area contributed by atoms with E-state index < -0.39 is 0 Å². The molecule has 1 aromatic rings. The van der Waals surface area contributed by atoms with E-state index in [2.05, 4.69) is 40.9 Å². The summed E-state index contributed by atoms with van der Waals surface area (Å²) >= 11 is 1.62. The fraction of sp³-hybridized carbons (Fsp3) is 0.385. The Kier molecular flexibility index (Phi) is 3.78. The van der Waals surface area contributed by atoms with Crippen molar-refractivity contribution in [3.8, 4) is 0 Å². The molecule has 0 saturated heterocycles. The molecule has 0 spiro atoms. The van der Waals surface area contributed by atoms with Gasteiger partial charge in [0.1, 0.15) is 0 Å². The predicted molar refractivity (Wildman–Crippen MR) is 72.3 cm³/mol. The van der Waals surface area contributed by atoms with Crippen LogP contribution in [0.4, 0.5) is 5.69 Å². The summed E-state index contributed by atoms with van der Waals surface area (Å²) in [7, 11) is 0. The predicted octanol–water partition coefficient (Wildman–Crippen LogP) is 3.39. The fourth-order valence-electron chi connectivity index (χ4n) is 1.67. The molecule has 0 radical (unpaired) electrons. The lowest BCUT2D eigenvalue weighted by molar-refractivity contribution is 0.749. The second-order valence-electron chi connectivity index (χ2n) is 4.12. The maximum atomic E-state index is 4.07. The van der Waals surface area contributed by atoms with Crippen LogP contribution < -0.4 is 10.0 Å². The van der Waals surface area contributed by atoms with Crippen LogP contribution in [-0.4, -0.2) is 6.26 Å². The highest BCUT2D eigenvalue weighted by molar-refractivity contribution is 7.99. The molecule has 0 aromatic heterocycles. The molecule has 0 heterocycles. The van der Waals surface area contributed by atoms with Crippen LogP contribution in [0, 0.1) is 5.92 Å². The Morgan fingerprint density at radius 3 is 2.88 bits per heavy atom. The molecular weight excluding hydrogens is 216 g/mol. The maximum Gasteiger partial charge on any atom is 0.0490 e. The van der Waals surface area contributed by atoms with E-state index in [9.17, 15) is 0 Å². The normalized spacial score (nSPS) is 14.6. The Hall–Kier alpha value is -1.09. The van der Waals surface area contributed by atoms with Crippen molar-refractivity contribution in [2.75, 3.05) is 11.0 Å². The van der Waals surface area contributed by atoms with Gasteiger partial charge in [-0.25, -0.2) is 0 Å². The molecule has 0 bridgehead atoms. The number of rotatable bonds is 6. The van der Waals surface area contributed by atoms with Crippen molar-refractivity contribution in [3.05, 3.63) is 42.1 Å². The molecule has 0 atom stereocenters. The van der Waals surface area contributed by atoms with Gasteiger partial charge in [-0.2, -0.15) is 0 Å². The van der Waals surface area contributed by atoms with E-state index in [-0.39, 0.29) is 0 Å². The SMILES string of the molecule is C=C(NCc1ccccc1NSC)C1CC1. The lowest BCUT2D eigenvalue weighted by Crippen LogP contribution is -2.14. The molecule has 0 amide bonds. The van der Waals surface area contributed by atoms with E-state index >= 15 is 0 Å². The number of anilines is 1. The molecular formula is C13H18N2S. The third-order valence-electron chi connectivity index (χ3n) is 2.81. The van der Waals surface area contributed by atoms with Gasteiger partial charge < -0.3 is 10.0 Å². The van der Waals surface area contributed by atoms with E-state index in [1.54, 1.807) is 11.9 Å². The van der Waals surface area contributed by atoms with Gasteiger partial charge in [0.15, 0.2) is 0 Å². The molecule has 1 aromatic carbocycles. The molecule has 1 saturated carbocycles. The monoisotopic (exact) mass is 234 g/mol. The van der Waals surface area contributed by atoms with Crippen LogP contribution in [0.25, 0.3) is 0 Å². The highest BCUT2D eigenvalue weighted by Gasteiger charge is 2.24. The van der Waals surface area contributed by atoms with Crippen LogP contribution in [0.3, 0.4) is 0 Å². The lowest BCUT2D eigenvalue weighted by atomic mass is 10.2. The van der Waals surface area contributed by atoms with Crippen molar-refractivity contribution in [2.24, 2.45) is 5.92 Å². The molecule has 1 aliphatic rings. The van der Waals surface area contributed by atoms with Gasteiger partial charge in [-0.1, -0.05) is 36.7 Å². The van der Waals surface area contributed by atoms with Crippen LogP contribution in [0.15, 0.2) is 36.5 Å². The van der Waals surface area contributed by atoms with Gasteiger partial charge in [-0.3, -0.25) is 0 Å². The highest BCUT2D eigenvalue weighted by atomic mass is 32.2. The third kappa shape index (κ3) is 2.95. The first kappa shape index (κ1) is 11.4. The van der Waals surface area contributed by atoms with Gasteiger partial charge in [0.2, 0.25) is 0 Å². The number of allylic oxidation sites excluding steroid dienone is 1. The van der Waals surface area contributed by atoms with E-state index in [0.29, 0.717) is 0 Å².